The van der Waals surface area contributed by atoms with E-state index in [0.717, 1.165) is 0 Å². The SMILES string of the molecule is CC(N)C(N)=O.O=C(O)C(F)(F)F. The van der Waals surface area contributed by atoms with Crippen LogP contribution in [0.2, 0.25) is 0 Å². The number of carbonyl (C=O) groups excluding carboxylic acids is 1. The summed E-state index contributed by atoms with van der Waals surface area (Å²) in [7, 11) is 0. The number of carbonyl (C=O) groups is 2. The zero-order valence-corrected chi connectivity index (χ0v) is 6.63. The van der Waals surface area contributed by atoms with Crippen LogP contribution in [-0.4, -0.2) is 29.2 Å². The molecule has 1 atom stereocenters. The Balaban J connectivity index is 0. The van der Waals surface area contributed by atoms with Crippen LogP contribution in [-0.2, 0) is 9.59 Å². The van der Waals surface area contributed by atoms with E-state index in [2.05, 4.69) is 5.73 Å². The van der Waals surface area contributed by atoms with Crippen LogP contribution in [0, 0.1) is 0 Å². The fourth-order valence-electron chi connectivity index (χ4n) is 0. The van der Waals surface area contributed by atoms with Gasteiger partial charge in [-0.3, -0.25) is 4.79 Å². The Labute approximate surface area is 71.5 Å². The van der Waals surface area contributed by atoms with Gasteiger partial charge in [-0.25, -0.2) is 4.79 Å². The number of carboxylic acid groups (broad SMARTS) is 1. The molecule has 0 saturated carbocycles. The minimum absolute atomic E-state index is 0.463. The van der Waals surface area contributed by atoms with Crippen LogP contribution in [0.3, 0.4) is 0 Å². The number of alkyl halides is 3. The smallest absolute Gasteiger partial charge is 0.475 e. The van der Waals surface area contributed by atoms with Gasteiger partial charge in [0, 0.05) is 0 Å². The lowest BCUT2D eigenvalue weighted by Crippen LogP contribution is -2.32. The van der Waals surface area contributed by atoms with Gasteiger partial charge in [-0.05, 0) is 6.92 Å². The van der Waals surface area contributed by atoms with E-state index in [1.165, 1.54) is 0 Å². The lowest BCUT2D eigenvalue weighted by Gasteiger charge is -1.93. The summed E-state index contributed by atoms with van der Waals surface area (Å²) in [4.78, 5) is 18.7. The predicted octanol–water partition coefficient (Wildman–Crippen LogP) is -0.548. The minimum atomic E-state index is -5.08. The number of primary amides is 1. The molecule has 8 heteroatoms. The number of nitrogens with two attached hydrogens (primary N) is 2. The van der Waals surface area contributed by atoms with E-state index in [0.29, 0.717) is 0 Å². The van der Waals surface area contributed by atoms with E-state index in [9.17, 15) is 18.0 Å². The van der Waals surface area contributed by atoms with Gasteiger partial charge in [0.1, 0.15) is 0 Å². The number of hydrogen-bond acceptors (Lipinski definition) is 3. The van der Waals surface area contributed by atoms with Crippen molar-refractivity contribution in [1.29, 1.82) is 0 Å². The summed E-state index contributed by atoms with van der Waals surface area (Å²) in [6, 6.07) is -0.509. The first-order valence-corrected chi connectivity index (χ1v) is 2.94. The van der Waals surface area contributed by atoms with Crippen LogP contribution in [0.25, 0.3) is 0 Å². The Morgan fingerprint density at radius 2 is 1.54 bits per heavy atom. The van der Waals surface area contributed by atoms with Crippen LogP contribution in [0.5, 0.6) is 0 Å². The second-order valence-corrected chi connectivity index (χ2v) is 1.99. The first kappa shape index (κ1) is 14.2. The number of hydrogen-bond donors (Lipinski definition) is 3. The summed E-state index contributed by atoms with van der Waals surface area (Å²) >= 11 is 0. The second kappa shape index (κ2) is 5.36. The van der Waals surface area contributed by atoms with Crippen molar-refractivity contribution in [1.82, 2.24) is 0 Å². The zero-order valence-electron chi connectivity index (χ0n) is 6.63. The van der Waals surface area contributed by atoms with Gasteiger partial charge in [-0.1, -0.05) is 0 Å². The molecule has 0 aliphatic heterocycles. The highest BCUT2D eigenvalue weighted by Crippen LogP contribution is 2.13. The van der Waals surface area contributed by atoms with Crippen LogP contribution in [0.15, 0.2) is 0 Å². The highest BCUT2D eigenvalue weighted by molar-refractivity contribution is 5.78. The van der Waals surface area contributed by atoms with E-state index in [1.54, 1.807) is 6.92 Å². The number of amides is 1. The van der Waals surface area contributed by atoms with Crippen LogP contribution in [0.1, 0.15) is 6.92 Å². The molecule has 0 bridgehead atoms. The summed E-state index contributed by atoms with van der Waals surface area (Å²) in [5.74, 6) is -3.22. The fraction of sp³-hybridized carbons (Fsp3) is 0.600. The summed E-state index contributed by atoms with van der Waals surface area (Å²) in [6.45, 7) is 1.54. The average molecular weight is 202 g/mol. The summed E-state index contributed by atoms with van der Waals surface area (Å²) in [5.41, 5.74) is 9.63. The van der Waals surface area contributed by atoms with E-state index >= 15 is 0 Å². The van der Waals surface area contributed by atoms with Crippen molar-refractivity contribution in [3.05, 3.63) is 0 Å². The maximum Gasteiger partial charge on any atom is 0.490 e. The lowest BCUT2D eigenvalue weighted by atomic mass is 10.4. The van der Waals surface area contributed by atoms with Gasteiger partial charge in [0.2, 0.25) is 5.91 Å². The molecule has 13 heavy (non-hydrogen) atoms. The molecule has 0 aromatic carbocycles. The third-order valence-corrected chi connectivity index (χ3v) is 0.691. The topological polar surface area (TPSA) is 106 Å². The van der Waals surface area contributed by atoms with Gasteiger partial charge in [0.15, 0.2) is 0 Å². The molecule has 78 valence electrons. The van der Waals surface area contributed by atoms with E-state index in [1.807, 2.05) is 0 Å². The molecule has 1 amide bonds. The Hall–Kier alpha value is -1.31. The van der Waals surface area contributed by atoms with Gasteiger partial charge in [-0.15, -0.1) is 0 Å². The molecule has 0 fully saturated rings. The van der Waals surface area contributed by atoms with Crippen molar-refractivity contribution >= 4 is 11.9 Å². The molecular weight excluding hydrogens is 193 g/mol. The Morgan fingerprint density at radius 1 is 1.38 bits per heavy atom. The minimum Gasteiger partial charge on any atom is -0.475 e. The van der Waals surface area contributed by atoms with E-state index in [-0.39, 0.29) is 0 Å². The molecule has 0 aliphatic rings. The first-order valence-electron chi connectivity index (χ1n) is 2.94. The van der Waals surface area contributed by atoms with Crippen molar-refractivity contribution in [3.8, 4) is 0 Å². The third kappa shape index (κ3) is 10.7. The molecule has 0 aromatic rings. The van der Waals surface area contributed by atoms with E-state index in [4.69, 9.17) is 15.6 Å². The molecule has 0 radical (unpaired) electrons. The van der Waals surface area contributed by atoms with Gasteiger partial charge in [0.25, 0.3) is 0 Å². The van der Waals surface area contributed by atoms with Crippen molar-refractivity contribution in [2.24, 2.45) is 11.5 Å². The molecule has 5 nitrogen and oxygen atoms in total. The third-order valence-electron chi connectivity index (χ3n) is 0.691. The van der Waals surface area contributed by atoms with Gasteiger partial charge < -0.3 is 16.6 Å². The number of carboxylic acids is 1. The largest absolute Gasteiger partial charge is 0.490 e. The maximum atomic E-state index is 10.6. The molecule has 5 N–H and O–H groups in total. The van der Waals surface area contributed by atoms with Gasteiger partial charge >= 0.3 is 12.1 Å². The Kier molecular flexibility index (Phi) is 5.86. The quantitative estimate of drug-likeness (QED) is 0.530. The molecule has 0 aliphatic carbocycles. The monoisotopic (exact) mass is 202 g/mol. The molecule has 0 rings (SSSR count). The predicted molar refractivity (Wildman–Crippen MR) is 36.5 cm³/mol. The Morgan fingerprint density at radius 3 is 1.54 bits per heavy atom. The summed E-state index contributed by atoms with van der Waals surface area (Å²) in [5, 5.41) is 7.12. The highest BCUT2D eigenvalue weighted by atomic mass is 19.4. The Bertz CT molecular complexity index is 190. The number of rotatable bonds is 1. The van der Waals surface area contributed by atoms with Gasteiger partial charge in [-0.2, -0.15) is 13.2 Å². The normalized spacial score (nSPS) is 12.4. The van der Waals surface area contributed by atoms with Gasteiger partial charge in [0.05, 0.1) is 6.04 Å². The molecule has 0 saturated heterocycles. The van der Waals surface area contributed by atoms with Crippen molar-refractivity contribution < 1.29 is 27.9 Å². The summed E-state index contributed by atoms with van der Waals surface area (Å²) in [6.07, 6.45) is -5.08. The van der Waals surface area contributed by atoms with E-state index < -0.39 is 24.1 Å². The molecule has 0 spiro atoms. The summed E-state index contributed by atoms with van der Waals surface area (Å²) < 4.78 is 31.7. The average Bonchev–Trinajstić information content (AvgIpc) is 1.86. The second-order valence-electron chi connectivity index (χ2n) is 1.99. The maximum absolute atomic E-state index is 10.6. The van der Waals surface area contributed by atoms with Crippen LogP contribution >= 0.6 is 0 Å². The lowest BCUT2D eigenvalue weighted by molar-refractivity contribution is -0.192. The zero-order chi connectivity index (χ0) is 11.2. The standard InChI is InChI=1S/C3H8N2O.C2HF3O2/c1-2(4)3(5)6;3-2(4,5)1(6)7/h2H,4H2,1H3,(H2,5,6);(H,6,7). The number of aliphatic carboxylic acids is 1. The van der Waals surface area contributed by atoms with Crippen molar-refractivity contribution in [2.75, 3.05) is 0 Å². The van der Waals surface area contributed by atoms with Crippen molar-refractivity contribution in [2.45, 2.75) is 19.1 Å². The molecule has 0 aromatic heterocycles. The number of halogens is 3. The first-order chi connectivity index (χ1) is 5.59. The van der Waals surface area contributed by atoms with Crippen LogP contribution in [0.4, 0.5) is 13.2 Å². The molecule has 1 unspecified atom stereocenters. The highest BCUT2D eigenvalue weighted by Gasteiger charge is 2.38. The fourth-order valence-corrected chi connectivity index (χ4v) is 0. The molecular formula is C5H9F3N2O3. The van der Waals surface area contributed by atoms with Crippen LogP contribution < -0.4 is 11.5 Å². The van der Waals surface area contributed by atoms with Crippen molar-refractivity contribution in [3.63, 3.8) is 0 Å². The molecule has 0 heterocycles.